The van der Waals surface area contributed by atoms with Gasteiger partial charge < -0.3 is 9.64 Å². The molecule has 0 unspecified atom stereocenters. The van der Waals surface area contributed by atoms with Crippen molar-refractivity contribution in [2.45, 2.75) is 31.4 Å². The van der Waals surface area contributed by atoms with Gasteiger partial charge in [0.15, 0.2) is 0 Å². The third-order valence-electron chi connectivity index (χ3n) is 5.94. The number of rotatable bonds is 4. The van der Waals surface area contributed by atoms with Gasteiger partial charge in [0.25, 0.3) is 0 Å². The highest BCUT2D eigenvalue weighted by molar-refractivity contribution is 6.88. The summed E-state index contributed by atoms with van der Waals surface area (Å²) in [7, 11) is -1.96. The number of benzene rings is 3. The van der Waals surface area contributed by atoms with Crippen molar-refractivity contribution >= 4 is 25.3 Å². The smallest absolute Gasteiger partial charge is 0.332 e. The van der Waals surface area contributed by atoms with Crippen LogP contribution in [0.5, 0.6) is 0 Å². The molecule has 1 spiro atoms. The van der Waals surface area contributed by atoms with Gasteiger partial charge in [-0.1, -0.05) is 98.5 Å². The lowest BCUT2D eigenvalue weighted by Crippen LogP contribution is -2.28. The highest BCUT2D eigenvalue weighted by Crippen LogP contribution is 2.66. The van der Waals surface area contributed by atoms with E-state index in [9.17, 15) is 4.79 Å². The summed E-state index contributed by atoms with van der Waals surface area (Å²) < 4.78 is 6.35. The molecule has 30 heavy (non-hydrogen) atoms. The van der Waals surface area contributed by atoms with Gasteiger partial charge in [-0.2, -0.15) is 0 Å². The quantitative estimate of drug-likeness (QED) is 0.307. The highest BCUT2D eigenvalue weighted by Gasteiger charge is 2.73. The Morgan fingerprint density at radius 1 is 0.800 bits per heavy atom. The molecule has 1 saturated heterocycles. The Balaban J connectivity index is 1.78. The Morgan fingerprint density at radius 3 is 1.90 bits per heavy atom. The third-order valence-corrected chi connectivity index (χ3v) is 7.90. The summed E-state index contributed by atoms with van der Waals surface area (Å²) in [6.07, 6.45) is 0. The third kappa shape index (κ3) is 2.75. The summed E-state index contributed by atoms with van der Waals surface area (Å²) >= 11 is 0. The molecule has 0 N–H and O–H groups in total. The topological polar surface area (TPSA) is 29.3 Å². The molecule has 3 aromatic rings. The van der Waals surface area contributed by atoms with E-state index >= 15 is 0 Å². The molecule has 0 amide bonds. The standard InChI is InChI=1S/C26H25NO2Si/c1-30(2,3)23-22(19-13-7-4-8-14-19)26(29-25(23)28)24(20-15-9-5-10-16-20)27(26)21-17-11-6-12-18-21/h4-18,24H,1-3H3/t24-,26+,27?/m0/s1. The first-order valence-electron chi connectivity index (χ1n) is 10.4. The number of para-hydroxylation sites is 1. The molecular formula is C26H25NO2Si. The maximum atomic E-state index is 13.3. The second-order valence-corrected chi connectivity index (χ2v) is 14.0. The summed E-state index contributed by atoms with van der Waals surface area (Å²) in [5.74, 6) is -0.160. The molecule has 1 fully saturated rings. The number of carbonyl (C=O) groups is 1. The van der Waals surface area contributed by atoms with E-state index in [2.05, 4.69) is 60.9 Å². The Labute approximate surface area is 178 Å². The van der Waals surface area contributed by atoms with Crippen LogP contribution in [0.25, 0.3) is 5.57 Å². The molecule has 0 aliphatic carbocycles. The van der Waals surface area contributed by atoms with Gasteiger partial charge >= 0.3 is 5.97 Å². The fourth-order valence-corrected chi connectivity index (χ4v) is 6.47. The van der Waals surface area contributed by atoms with Crippen LogP contribution < -0.4 is 4.90 Å². The molecule has 5 rings (SSSR count). The SMILES string of the molecule is C[Si](C)(C)C1=C(c2ccccc2)[C@@]2(OC1=O)[C@H](c1ccccc1)N2c1ccccc1. The van der Waals surface area contributed by atoms with Gasteiger partial charge in [-0.15, -0.1) is 0 Å². The second kappa shape index (κ2) is 6.71. The minimum Gasteiger partial charge on any atom is -0.429 e. The molecule has 2 atom stereocenters. The van der Waals surface area contributed by atoms with Gasteiger partial charge in [0.05, 0.1) is 8.07 Å². The number of esters is 1. The van der Waals surface area contributed by atoms with Gasteiger partial charge in [0.1, 0.15) is 6.04 Å². The first kappa shape index (κ1) is 18.9. The maximum absolute atomic E-state index is 13.3. The number of hydrogen-bond acceptors (Lipinski definition) is 3. The van der Waals surface area contributed by atoms with E-state index in [1.165, 1.54) is 0 Å². The number of carbonyl (C=O) groups excluding carboxylic acids is 1. The van der Waals surface area contributed by atoms with Crippen LogP contribution >= 0.6 is 0 Å². The van der Waals surface area contributed by atoms with E-state index in [0.717, 1.165) is 27.6 Å². The van der Waals surface area contributed by atoms with Crippen LogP contribution in [-0.2, 0) is 9.53 Å². The molecule has 3 nitrogen and oxygen atoms in total. The first-order chi connectivity index (χ1) is 14.4. The van der Waals surface area contributed by atoms with Gasteiger partial charge in [-0.25, -0.2) is 4.79 Å². The number of hydrogen-bond donors (Lipinski definition) is 0. The van der Waals surface area contributed by atoms with Crippen molar-refractivity contribution in [3.63, 3.8) is 0 Å². The summed E-state index contributed by atoms with van der Waals surface area (Å²) in [4.78, 5) is 15.6. The zero-order valence-corrected chi connectivity index (χ0v) is 18.5. The Hall–Kier alpha value is -3.11. The molecule has 2 heterocycles. The first-order valence-corrected chi connectivity index (χ1v) is 13.9. The van der Waals surface area contributed by atoms with Crippen molar-refractivity contribution in [1.82, 2.24) is 0 Å². The number of nitrogens with zero attached hydrogens (tertiary/aromatic N) is 1. The predicted octanol–water partition coefficient (Wildman–Crippen LogP) is 5.83. The predicted molar refractivity (Wildman–Crippen MR) is 124 cm³/mol. The molecular weight excluding hydrogens is 386 g/mol. The molecule has 2 aliphatic rings. The van der Waals surface area contributed by atoms with Crippen molar-refractivity contribution in [2.75, 3.05) is 4.90 Å². The van der Waals surface area contributed by atoms with E-state index in [4.69, 9.17) is 4.74 Å². The van der Waals surface area contributed by atoms with Gasteiger partial charge in [-0.3, -0.25) is 0 Å². The molecule has 0 bridgehead atoms. The average molecular weight is 412 g/mol. The van der Waals surface area contributed by atoms with Gasteiger partial charge in [0.2, 0.25) is 5.72 Å². The monoisotopic (exact) mass is 411 g/mol. The molecule has 4 heteroatoms. The Kier molecular flexibility index (Phi) is 4.22. The average Bonchev–Trinajstić information content (AvgIpc) is 3.29. The molecule has 2 aliphatic heterocycles. The minimum absolute atomic E-state index is 0.0471. The summed E-state index contributed by atoms with van der Waals surface area (Å²) in [5, 5.41) is 0.896. The van der Waals surface area contributed by atoms with E-state index in [1.807, 2.05) is 54.6 Å². The summed E-state index contributed by atoms with van der Waals surface area (Å²) in [6, 6.07) is 30.9. The zero-order valence-electron chi connectivity index (χ0n) is 17.5. The molecule has 0 saturated carbocycles. The van der Waals surface area contributed by atoms with E-state index in [0.29, 0.717) is 0 Å². The normalized spacial score (nSPS) is 23.1. The number of ether oxygens (including phenoxy) is 1. The lowest BCUT2D eigenvalue weighted by atomic mass is 9.96. The largest absolute Gasteiger partial charge is 0.429 e. The number of anilines is 1. The molecule has 3 aromatic carbocycles. The van der Waals surface area contributed by atoms with Crippen molar-refractivity contribution in [3.8, 4) is 0 Å². The van der Waals surface area contributed by atoms with Crippen LogP contribution in [0.2, 0.25) is 19.6 Å². The fourth-order valence-electron chi connectivity index (χ4n) is 4.74. The minimum atomic E-state index is -1.96. The summed E-state index contributed by atoms with van der Waals surface area (Å²) in [5.41, 5.74) is 3.53. The van der Waals surface area contributed by atoms with E-state index in [1.54, 1.807) is 0 Å². The van der Waals surface area contributed by atoms with E-state index in [-0.39, 0.29) is 12.0 Å². The molecule has 150 valence electrons. The molecule has 0 aromatic heterocycles. The van der Waals surface area contributed by atoms with Crippen LogP contribution in [0.1, 0.15) is 17.2 Å². The van der Waals surface area contributed by atoms with Crippen molar-refractivity contribution in [1.29, 1.82) is 0 Å². The van der Waals surface area contributed by atoms with Crippen molar-refractivity contribution < 1.29 is 9.53 Å². The second-order valence-electron chi connectivity index (χ2n) is 8.97. The lowest BCUT2D eigenvalue weighted by molar-refractivity contribution is -0.140. The van der Waals surface area contributed by atoms with Crippen molar-refractivity contribution in [2.24, 2.45) is 0 Å². The summed E-state index contributed by atoms with van der Waals surface area (Å²) in [6.45, 7) is 6.66. The van der Waals surface area contributed by atoms with E-state index < -0.39 is 13.8 Å². The zero-order chi connectivity index (χ0) is 20.9. The Morgan fingerprint density at radius 2 is 1.33 bits per heavy atom. The highest BCUT2D eigenvalue weighted by atomic mass is 28.3. The van der Waals surface area contributed by atoms with Crippen LogP contribution in [0.15, 0.2) is 96.2 Å². The van der Waals surface area contributed by atoms with Crippen LogP contribution in [-0.4, -0.2) is 19.8 Å². The van der Waals surface area contributed by atoms with Crippen LogP contribution in [0.4, 0.5) is 5.69 Å². The fraction of sp³-hybridized carbons (Fsp3) is 0.192. The lowest BCUT2D eigenvalue weighted by Gasteiger charge is -2.19. The van der Waals surface area contributed by atoms with Crippen LogP contribution in [0.3, 0.4) is 0 Å². The van der Waals surface area contributed by atoms with Crippen molar-refractivity contribution in [3.05, 3.63) is 107 Å². The van der Waals surface area contributed by atoms with Gasteiger partial charge in [-0.05, 0) is 23.3 Å². The maximum Gasteiger partial charge on any atom is 0.332 e. The van der Waals surface area contributed by atoms with Crippen LogP contribution in [0, 0.1) is 0 Å². The van der Waals surface area contributed by atoms with Gasteiger partial charge in [0, 0.05) is 16.5 Å². The Bertz CT molecular complexity index is 1070. The molecule has 0 radical (unpaired) electrons.